The standard InChI is InChI=1S/C23H24N2O4/c1-14-7-12-17-19(13-14)23(28)25(22(17)27)16-10-8-15(9-11-16)24-21(26)18-5-3-4-6-20(18)29-2/h3-6,8-11,14,17,19H,7,12-13H2,1-2H3,(H,24,26)/t14-,17+,19+/m0/s1. The van der Waals surface area contributed by atoms with Crippen LogP contribution in [0.5, 0.6) is 5.75 Å². The summed E-state index contributed by atoms with van der Waals surface area (Å²) in [5, 5.41) is 2.82. The van der Waals surface area contributed by atoms with E-state index >= 15 is 0 Å². The lowest BCUT2D eigenvalue weighted by molar-refractivity contribution is -0.122. The fourth-order valence-corrected chi connectivity index (χ4v) is 4.37. The lowest BCUT2D eigenvalue weighted by Gasteiger charge is -2.25. The van der Waals surface area contributed by atoms with Gasteiger partial charge in [-0.2, -0.15) is 0 Å². The maximum absolute atomic E-state index is 12.8. The van der Waals surface area contributed by atoms with E-state index in [1.54, 1.807) is 48.5 Å². The molecular weight excluding hydrogens is 368 g/mol. The molecule has 0 spiro atoms. The Kier molecular flexibility index (Phi) is 5.09. The average molecular weight is 392 g/mol. The van der Waals surface area contributed by atoms with Crippen molar-refractivity contribution in [3.63, 3.8) is 0 Å². The molecule has 0 radical (unpaired) electrons. The molecule has 3 atom stereocenters. The second-order valence-electron chi connectivity index (χ2n) is 7.84. The molecule has 1 heterocycles. The number of nitrogens with one attached hydrogen (secondary N) is 1. The van der Waals surface area contributed by atoms with Gasteiger partial charge in [-0.15, -0.1) is 0 Å². The Hall–Kier alpha value is -3.15. The molecule has 0 bridgehead atoms. The maximum Gasteiger partial charge on any atom is 0.259 e. The Bertz CT molecular complexity index is 954. The smallest absolute Gasteiger partial charge is 0.259 e. The Labute approximate surface area is 169 Å². The van der Waals surface area contributed by atoms with E-state index in [4.69, 9.17) is 4.74 Å². The van der Waals surface area contributed by atoms with Gasteiger partial charge in [-0.05, 0) is 61.6 Å². The van der Waals surface area contributed by atoms with Crippen molar-refractivity contribution in [2.45, 2.75) is 26.2 Å². The fourth-order valence-electron chi connectivity index (χ4n) is 4.37. The van der Waals surface area contributed by atoms with Gasteiger partial charge in [0.1, 0.15) is 5.75 Å². The number of methoxy groups -OCH3 is 1. The van der Waals surface area contributed by atoms with Crippen LogP contribution in [0.1, 0.15) is 36.5 Å². The van der Waals surface area contributed by atoms with E-state index in [1.165, 1.54) is 12.0 Å². The van der Waals surface area contributed by atoms with Crippen LogP contribution in [0.25, 0.3) is 0 Å². The molecule has 2 fully saturated rings. The normalized spacial score (nSPS) is 23.7. The molecule has 0 unspecified atom stereocenters. The summed E-state index contributed by atoms with van der Waals surface area (Å²) < 4.78 is 5.23. The van der Waals surface area contributed by atoms with Gasteiger partial charge in [-0.25, -0.2) is 0 Å². The molecule has 29 heavy (non-hydrogen) atoms. The number of benzene rings is 2. The molecule has 2 aromatic rings. The Balaban J connectivity index is 1.50. The van der Waals surface area contributed by atoms with Gasteiger partial charge in [0.15, 0.2) is 0 Å². The van der Waals surface area contributed by atoms with Crippen molar-refractivity contribution in [1.82, 2.24) is 0 Å². The quantitative estimate of drug-likeness (QED) is 0.802. The molecule has 1 aliphatic carbocycles. The SMILES string of the molecule is COc1ccccc1C(=O)Nc1ccc(N2C(=O)[C@@H]3CC[C@H](C)C[C@H]3C2=O)cc1. The van der Waals surface area contributed by atoms with Crippen LogP contribution in [-0.2, 0) is 9.59 Å². The van der Waals surface area contributed by atoms with Gasteiger partial charge in [0, 0.05) is 5.69 Å². The largest absolute Gasteiger partial charge is 0.496 e. The fraction of sp³-hybridized carbons (Fsp3) is 0.348. The number of para-hydroxylation sites is 1. The first kappa shape index (κ1) is 19.2. The lowest BCUT2D eigenvalue weighted by Crippen LogP contribution is -2.30. The van der Waals surface area contributed by atoms with Crippen molar-refractivity contribution in [2.75, 3.05) is 17.3 Å². The number of hydrogen-bond donors (Lipinski definition) is 1. The summed E-state index contributed by atoms with van der Waals surface area (Å²) >= 11 is 0. The number of amides is 3. The summed E-state index contributed by atoms with van der Waals surface area (Å²) in [5.74, 6) is 0.0885. The number of carbonyl (C=O) groups excluding carboxylic acids is 3. The molecule has 1 aliphatic heterocycles. The zero-order valence-corrected chi connectivity index (χ0v) is 16.6. The number of nitrogens with zero attached hydrogens (tertiary/aromatic N) is 1. The van der Waals surface area contributed by atoms with Crippen LogP contribution in [0, 0.1) is 17.8 Å². The number of rotatable bonds is 4. The first-order valence-corrected chi connectivity index (χ1v) is 9.92. The molecule has 2 aromatic carbocycles. The summed E-state index contributed by atoms with van der Waals surface area (Å²) in [6.07, 6.45) is 2.54. The molecule has 0 aromatic heterocycles. The summed E-state index contributed by atoms with van der Waals surface area (Å²) in [6, 6.07) is 13.8. The maximum atomic E-state index is 12.8. The highest BCUT2D eigenvalue weighted by Crippen LogP contribution is 2.42. The molecule has 1 saturated carbocycles. The number of fused-ring (bicyclic) bond motifs is 1. The van der Waals surface area contributed by atoms with Crippen molar-refractivity contribution < 1.29 is 19.1 Å². The third-order valence-electron chi connectivity index (χ3n) is 5.92. The minimum Gasteiger partial charge on any atom is -0.496 e. The van der Waals surface area contributed by atoms with Crippen LogP contribution >= 0.6 is 0 Å². The van der Waals surface area contributed by atoms with Gasteiger partial charge in [-0.1, -0.05) is 19.1 Å². The van der Waals surface area contributed by atoms with Crippen molar-refractivity contribution in [3.05, 3.63) is 54.1 Å². The van der Waals surface area contributed by atoms with E-state index < -0.39 is 0 Å². The Morgan fingerprint density at radius 3 is 2.41 bits per heavy atom. The predicted octanol–water partition coefficient (Wildman–Crippen LogP) is 3.87. The van der Waals surface area contributed by atoms with Crippen molar-refractivity contribution in [2.24, 2.45) is 17.8 Å². The minimum atomic E-state index is -0.288. The average Bonchev–Trinajstić information content (AvgIpc) is 2.98. The zero-order valence-electron chi connectivity index (χ0n) is 16.6. The van der Waals surface area contributed by atoms with E-state index in [9.17, 15) is 14.4 Å². The van der Waals surface area contributed by atoms with Gasteiger partial charge >= 0.3 is 0 Å². The Morgan fingerprint density at radius 2 is 1.69 bits per heavy atom. The highest BCUT2D eigenvalue weighted by Gasteiger charge is 2.49. The van der Waals surface area contributed by atoms with Crippen molar-refractivity contribution in [1.29, 1.82) is 0 Å². The van der Waals surface area contributed by atoms with Crippen LogP contribution in [0.3, 0.4) is 0 Å². The van der Waals surface area contributed by atoms with Crippen LogP contribution in [0.4, 0.5) is 11.4 Å². The van der Waals surface area contributed by atoms with E-state index in [2.05, 4.69) is 12.2 Å². The second kappa shape index (κ2) is 7.70. The van der Waals surface area contributed by atoms with Crippen molar-refractivity contribution in [3.8, 4) is 5.75 Å². The first-order chi connectivity index (χ1) is 14.0. The summed E-state index contributed by atoms with van der Waals surface area (Å²) in [7, 11) is 1.52. The van der Waals surface area contributed by atoms with E-state index in [-0.39, 0.29) is 29.6 Å². The monoisotopic (exact) mass is 392 g/mol. The predicted molar refractivity (Wildman–Crippen MR) is 110 cm³/mol. The summed E-state index contributed by atoms with van der Waals surface area (Å²) in [6.45, 7) is 2.13. The lowest BCUT2D eigenvalue weighted by atomic mass is 9.76. The molecule has 3 amide bonds. The topological polar surface area (TPSA) is 75.7 Å². The number of anilines is 2. The van der Waals surface area contributed by atoms with Crippen LogP contribution in [0.2, 0.25) is 0 Å². The molecule has 6 heteroatoms. The number of carbonyl (C=O) groups is 3. The second-order valence-corrected chi connectivity index (χ2v) is 7.84. The molecule has 150 valence electrons. The van der Waals surface area contributed by atoms with Crippen LogP contribution < -0.4 is 15.0 Å². The van der Waals surface area contributed by atoms with Crippen LogP contribution in [-0.4, -0.2) is 24.8 Å². The molecular formula is C23H24N2O4. The minimum absolute atomic E-state index is 0.0993. The van der Waals surface area contributed by atoms with Gasteiger partial charge in [0.2, 0.25) is 11.8 Å². The van der Waals surface area contributed by atoms with Crippen molar-refractivity contribution >= 4 is 29.1 Å². The highest BCUT2D eigenvalue weighted by atomic mass is 16.5. The van der Waals surface area contributed by atoms with Gasteiger partial charge in [0.25, 0.3) is 5.91 Å². The summed E-state index contributed by atoms with van der Waals surface area (Å²) in [4.78, 5) is 39.5. The zero-order chi connectivity index (χ0) is 20.5. The third-order valence-corrected chi connectivity index (χ3v) is 5.92. The van der Waals surface area contributed by atoms with Gasteiger partial charge < -0.3 is 10.1 Å². The molecule has 6 nitrogen and oxygen atoms in total. The van der Waals surface area contributed by atoms with Gasteiger partial charge in [0.05, 0.1) is 30.2 Å². The van der Waals surface area contributed by atoms with E-state index in [0.29, 0.717) is 28.6 Å². The highest BCUT2D eigenvalue weighted by molar-refractivity contribution is 6.22. The number of ether oxygens (including phenoxy) is 1. The number of imide groups is 1. The summed E-state index contributed by atoms with van der Waals surface area (Å²) in [5.41, 5.74) is 1.56. The molecule has 1 saturated heterocycles. The van der Waals surface area contributed by atoms with E-state index in [0.717, 1.165) is 19.3 Å². The molecule has 4 rings (SSSR count). The first-order valence-electron chi connectivity index (χ1n) is 9.92. The van der Waals surface area contributed by atoms with Crippen LogP contribution in [0.15, 0.2) is 48.5 Å². The number of hydrogen-bond acceptors (Lipinski definition) is 4. The molecule has 1 N–H and O–H groups in total. The van der Waals surface area contributed by atoms with E-state index in [1.807, 2.05) is 0 Å². The van der Waals surface area contributed by atoms with Gasteiger partial charge in [-0.3, -0.25) is 19.3 Å². The molecule has 2 aliphatic rings. The third kappa shape index (κ3) is 3.50. The Morgan fingerprint density at radius 1 is 1.00 bits per heavy atom.